The van der Waals surface area contributed by atoms with Gasteiger partial charge in [-0.2, -0.15) is 0 Å². The zero-order valence-corrected chi connectivity index (χ0v) is 15.7. The van der Waals surface area contributed by atoms with E-state index in [9.17, 15) is 14.4 Å². The number of aliphatic carboxylic acids is 3. The van der Waals surface area contributed by atoms with Crippen LogP contribution in [0.1, 0.15) is 21.4 Å². The van der Waals surface area contributed by atoms with E-state index in [1.54, 1.807) is 0 Å². The van der Waals surface area contributed by atoms with Crippen LogP contribution in [0, 0.1) is 0 Å². The van der Waals surface area contributed by atoms with Crippen LogP contribution in [0.15, 0.2) is 0 Å². The number of carboxylic acids is 3. The van der Waals surface area contributed by atoms with Gasteiger partial charge in [-0.05, 0) is 0 Å². The summed E-state index contributed by atoms with van der Waals surface area (Å²) in [6.45, 7) is 0. The summed E-state index contributed by atoms with van der Waals surface area (Å²) in [4.78, 5) is 30.5. The summed E-state index contributed by atoms with van der Waals surface area (Å²) >= 11 is 0. The van der Waals surface area contributed by atoms with Gasteiger partial charge in [0.25, 0.3) is 0 Å². The van der Waals surface area contributed by atoms with E-state index in [1.165, 1.54) is 0 Å². The fraction of sp³-hybridized carbons (Fsp3) is 0.500. The first kappa shape index (κ1) is 31.5. The Morgan fingerprint density at radius 3 is 1.24 bits per heavy atom. The summed E-state index contributed by atoms with van der Waals surface area (Å²) in [5.74, 6) is -5.02. The monoisotopic (exact) mass is 336 g/mol. The third-order valence-electron chi connectivity index (χ3n) is 1.29. The van der Waals surface area contributed by atoms with E-state index in [2.05, 4.69) is 0 Å². The maximum Gasteiger partial charge on any atom is 2.00 e. The molecule has 0 heterocycles. The molecular weight excluding hydrogens is 320 g/mol. The second kappa shape index (κ2) is 14.5. The van der Waals surface area contributed by atoms with E-state index < -0.39 is 36.4 Å². The molecule has 0 radical (unpaired) electrons. The average molecular weight is 336 g/mol. The smallest absolute Gasteiger partial charge is 1.00 e. The number of carbonyl (C=O) groups is 3. The van der Waals surface area contributed by atoms with Crippen molar-refractivity contribution in [3.63, 3.8) is 0 Å². The molecule has 0 rings (SSSR count). The van der Waals surface area contributed by atoms with E-state index >= 15 is 0 Å². The maximum absolute atomic E-state index is 10.3. The van der Waals surface area contributed by atoms with Crippen molar-refractivity contribution in [1.82, 2.24) is 0 Å². The Morgan fingerprint density at radius 1 is 0.882 bits per heavy atom. The van der Waals surface area contributed by atoms with Gasteiger partial charge in [-0.1, -0.05) is 0 Å². The topological polar surface area (TPSA) is 164 Å². The van der Waals surface area contributed by atoms with Gasteiger partial charge in [0.05, 0.1) is 12.8 Å². The Kier molecular flexibility index (Phi) is 26.9. The molecule has 0 spiro atoms. The van der Waals surface area contributed by atoms with Crippen molar-refractivity contribution in [3.05, 3.63) is 0 Å². The van der Waals surface area contributed by atoms with Crippen LogP contribution in [0.2, 0.25) is 0 Å². The van der Waals surface area contributed by atoms with E-state index in [0.29, 0.717) is 0 Å². The molecule has 0 aromatic heterocycles. The molecule has 6 N–H and O–H groups in total. The maximum atomic E-state index is 10.3. The molecule has 11 heteroatoms. The summed E-state index contributed by atoms with van der Waals surface area (Å²) in [5, 5.41) is 33.8. The molecule has 0 unspecified atom stereocenters. The fourth-order valence-electron chi connectivity index (χ4n) is 0.714. The molecule has 0 aliphatic rings. The zero-order chi connectivity index (χ0) is 10.6. The van der Waals surface area contributed by atoms with Crippen LogP contribution >= 0.6 is 0 Å². The van der Waals surface area contributed by atoms with Crippen molar-refractivity contribution in [2.45, 2.75) is 18.4 Å². The van der Waals surface area contributed by atoms with Crippen molar-refractivity contribution >= 4 is 131 Å². The summed E-state index contributed by atoms with van der Waals surface area (Å²) < 4.78 is 0. The van der Waals surface area contributed by atoms with E-state index in [1.807, 2.05) is 0 Å². The molecule has 8 nitrogen and oxygen atoms in total. The van der Waals surface area contributed by atoms with Crippen molar-refractivity contribution in [3.8, 4) is 0 Å². The van der Waals surface area contributed by atoms with Crippen molar-refractivity contribution in [2.75, 3.05) is 0 Å². The molecular formula is C6H16Ca3O8. The number of carboxylic acid groups (broad SMARTS) is 3. The Bertz CT molecular complexity index is 259. The molecule has 0 aromatic rings. The predicted molar refractivity (Wildman–Crippen MR) is 64.6 cm³/mol. The molecule has 0 fully saturated rings. The van der Waals surface area contributed by atoms with Gasteiger partial charge in [0.2, 0.25) is 0 Å². The minimum Gasteiger partial charge on any atom is -1.00 e. The van der Waals surface area contributed by atoms with Crippen LogP contribution in [0.5, 0.6) is 0 Å². The van der Waals surface area contributed by atoms with E-state index in [0.717, 1.165) is 0 Å². The number of hydrogen-bond donors (Lipinski definition) is 4. The summed E-state index contributed by atoms with van der Waals surface area (Å²) in [6, 6.07) is 0. The zero-order valence-electron chi connectivity index (χ0n) is 15.0. The molecule has 0 atom stereocenters. The van der Waals surface area contributed by atoms with E-state index in [4.69, 9.17) is 20.4 Å². The quantitative estimate of drug-likeness (QED) is 0.402. The number of rotatable bonds is 5. The van der Waals surface area contributed by atoms with Crippen molar-refractivity contribution in [1.29, 1.82) is 0 Å². The summed E-state index contributed by atoms with van der Waals surface area (Å²) in [5.41, 5.74) is -2.74. The van der Waals surface area contributed by atoms with Crippen LogP contribution in [-0.4, -0.2) is 163 Å². The molecule has 0 bridgehead atoms. The molecule has 0 amide bonds. The van der Waals surface area contributed by atoms with Gasteiger partial charge in [0.1, 0.15) is 0 Å². The van der Waals surface area contributed by atoms with Crippen LogP contribution in [0.25, 0.3) is 0 Å². The van der Waals surface area contributed by atoms with Gasteiger partial charge in [0, 0.05) is 0 Å². The predicted octanol–water partition coefficient (Wildman–Crippen LogP) is -2.54. The van der Waals surface area contributed by atoms with Gasteiger partial charge < -0.3 is 34.5 Å². The molecule has 0 aliphatic carbocycles. The molecule has 17 heavy (non-hydrogen) atoms. The first-order chi connectivity index (χ1) is 5.78. The first-order valence-electron chi connectivity index (χ1n) is 3.17. The fourth-order valence-corrected chi connectivity index (χ4v) is 0.714. The van der Waals surface area contributed by atoms with E-state index in [-0.39, 0.29) is 127 Å². The summed E-state index contributed by atoms with van der Waals surface area (Å²) in [7, 11) is 0. The molecule has 0 aromatic carbocycles. The second-order valence-electron chi connectivity index (χ2n) is 2.48. The Balaban J connectivity index is -0.0000000160. The standard InChI is InChI=1S/C6H8O7.3Ca.H2O.6H/c7-3(8)1-6(13,5(11)12)2-4(9)10;;;;;;;;;;/h13H,1-2H2,(H,7,8)(H,9,10)(H,11,12);;;;1H2;;;;;;/q;3*+2;;6*-1. The van der Waals surface area contributed by atoms with Gasteiger partial charge >= 0.3 is 131 Å². The molecule has 0 aliphatic heterocycles. The van der Waals surface area contributed by atoms with Gasteiger partial charge in [-0.3, -0.25) is 9.59 Å². The SMILES string of the molecule is O.O=C(O)CC(O)(CC(=O)O)C(=O)O.[Ca+2].[Ca+2].[Ca+2].[H-].[H-].[H-].[H-].[H-].[H-]. The van der Waals surface area contributed by atoms with Crippen LogP contribution in [-0.2, 0) is 14.4 Å². The van der Waals surface area contributed by atoms with Crippen LogP contribution in [0.4, 0.5) is 0 Å². The molecule has 94 valence electrons. The Hall–Kier alpha value is 2.11. The molecule has 0 saturated heterocycles. The third kappa shape index (κ3) is 14.3. The number of aliphatic hydroxyl groups is 1. The Morgan fingerprint density at radius 2 is 1.12 bits per heavy atom. The van der Waals surface area contributed by atoms with Crippen LogP contribution in [0.3, 0.4) is 0 Å². The largest absolute Gasteiger partial charge is 2.00 e. The van der Waals surface area contributed by atoms with Gasteiger partial charge in [-0.25, -0.2) is 4.79 Å². The number of hydrogen-bond acceptors (Lipinski definition) is 4. The second-order valence-corrected chi connectivity index (χ2v) is 2.48. The van der Waals surface area contributed by atoms with Crippen molar-refractivity contribution in [2.24, 2.45) is 0 Å². The minimum atomic E-state index is -2.74. The van der Waals surface area contributed by atoms with Gasteiger partial charge in [-0.15, -0.1) is 0 Å². The van der Waals surface area contributed by atoms with Gasteiger partial charge in [0.15, 0.2) is 5.60 Å². The first-order valence-corrected chi connectivity index (χ1v) is 3.17. The average Bonchev–Trinajstić information content (AvgIpc) is 1.82. The van der Waals surface area contributed by atoms with Crippen molar-refractivity contribution < 1.29 is 48.8 Å². The summed E-state index contributed by atoms with van der Waals surface area (Å²) in [6.07, 6.45) is -2.29. The minimum absolute atomic E-state index is 0. The normalized spacial score (nSPS) is 8.29. The molecule has 0 saturated carbocycles. The third-order valence-corrected chi connectivity index (χ3v) is 1.29. The Labute approximate surface area is 195 Å². The van der Waals surface area contributed by atoms with Crippen LogP contribution < -0.4 is 0 Å².